The molecular formula is C4H7O5P. The fourth-order valence-corrected chi connectivity index (χ4v) is 0.834. The van der Waals surface area contributed by atoms with Gasteiger partial charge in [-0.25, -0.2) is 4.57 Å². The van der Waals surface area contributed by atoms with Crippen LogP contribution in [0.4, 0.5) is 0 Å². The average Bonchev–Trinajstić information content (AvgIpc) is 1.59. The fraction of sp³-hybridized carbons (Fsp3) is 0.250. The molecule has 0 aliphatic carbocycles. The second-order valence-corrected chi connectivity index (χ2v) is 2.65. The van der Waals surface area contributed by atoms with Crippen molar-refractivity contribution in [3.05, 3.63) is 12.8 Å². The topological polar surface area (TPSA) is 72.8 Å². The summed E-state index contributed by atoms with van der Waals surface area (Å²) < 4.78 is 18.3. The van der Waals surface area contributed by atoms with Gasteiger partial charge >= 0.3 is 13.8 Å². The van der Waals surface area contributed by atoms with Gasteiger partial charge in [-0.1, -0.05) is 6.58 Å². The summed E-state index contributed by atoms with van der Waals surface area (Å²) in [6, 6.07) is 0. The van der Waals surface area contributed by atoms with Crippen molar-refractivity contribution >= 4 is 13.8 Å². The highest BCUT2D eigenvalue weighted by Crippen LogP contribution is 2.43. The summed E-state index contributed by atoms with van der Waals surface area (Å²) in [7, 11) is -4.22. The molecule has 1 unspecified atom stereocenters. The lowest BCUT2D eigenvalue weighted by Gasteiger charge is -2.06. The first-order valence-corrected chi connectivity index (χ1v) is 3.80. The van der Waals surface area contributed by atoms with Crippen molar-refractivity contribution in [2.45, 2.75) is 6.92 Å². The SMILES string of the molecule is C=COP(=O)(O)OC(C)=O. The van der Waals surface area contributed by atoms with Crippen LogP contribution in [-0.4, -0.2) is 10.9 Å². The van der Waals surface area contributed by atoms with Gasteiger partial charge in [0.25, 0.3) is 0 Å². The maximum absolute atomic E-state index is 10.4. The number of carbonyl (C=O) groups is 1. The lowest BCUT2D eigenvalue weighted by atomic mass is 10.9. The van der Waals surface area contributed by atoms with Gasteiger partial charge in [-0.3, -0.25) is 9.69 Å². The van der Waals surface area contributed by atoms with E-state index in [1.807, 2.05) is 0 Å². The maximum atomic E-state index is 10.4. The molecule has 6 heteroatoms. The van der Waals surface area contributed by atoms with E-state index in [9.17, 15) is 9.36 Å². The van der Waals surface area contributed by atoms with Gasteiger partial charge in [-0.2, -0.15) is 0 Å². The summed E-state index contributed by atoms with van der Waals surface area (Å²) in [5.41, 5.74) is 0. The van der Waals surface area contributed by atoms with Crippen LogP contribution in [-0.2, 0) is 18.4 Å². The van der Waals surface area contributed by atoms with E-state index in [-0.39, 0.29) is 0 Å². The second-order valence-electron chi connectivity index (χ2n) is 1.32. The second kappa shape index (κ2) is 3.39. The summed E-state index contributed by atoms with van der Waals surface area (Å²) in [6.45, 7) is 4.00. The van der Waals surface area contributed by atoms with Crippen molar-refractivity contribution in [3.8, 4) is 0 Å². The maximum Gasteiger partial charge on any atom is 0.586 e. The Bertz CT molecular complexity index is 186. The summed E-state index contributed by atoms with van der Waals surface area (Å²) in [4.78, 5) is 18.6. The first-order valence-electron chi connectivity index (χ1n) is 2.30. The van der Waals surface area contributed by atoms with Gasteiger partial charge < -0.3 is 9.05 Å². The third-order valence-corrected chi connectivity index (χ3v) is 1.35. The first kappa shape index (κ1) is 9.20. The van der Waals surface area contributed by atoms with Crippen LogP contribution < -0.4 is 0 Å². The highest BCUT2D eigenvalue weighted by Gasteiger charge is 2.23. The van der Waals surface area contributed by atoms with E-state index in [1.165, 1.54) is 0 Å². The molecule has 0 aromatic rings. The van der Waals surface area contributed by atoms with E-state index in [1.54, 1.807) is 0 Å². The van der Waals surface area contributed by atoms with Crippen LogP contribution in [0.1, 0.15) is 6.92 Å². The molecule has 0 saturated carbocycles. The molecule has 5 nitrogen and oxygen atoms in total. The van der Waals surface area contributed by atoms with E-state index in [2.05, 4.69) is 15.6 Å². The monoisotopic (exact) mass is 166 g/mol. The van der Waals surface area contributed by atoms with Crippen molar-refractivity contribution in [1.82, 2.24) is 0 Å². The molecule has 1 atom stereocenters. The standard InChI is InChI=1S/C4H7O5P/c1-3-8-10(6,7)9-4(2)5/h3H,1H2,2H3,(H,6,7). The Balaban J connectivity index is 3.99. The quantitative estimate of drug-likeness (QED) is 0.496. The molecule has 0 bridgehead atoms. The van der Waals surface area contributed by atoms with Gasteiger partial charge in [0.1, 0.15) is 0 Å². The Morgan fingerprint density at radius 2 is 2.30 bits per heavy atom. The number of carbonyl (C=O) groups excluding carboxylic acids is 1. The lowest BCUT2D eigenvalue weighted by molar-refractivity contribution is -0.133. The molecule has 0 aliphatic heterocycles. The molecular weight excluding hydrogens is 159 g/mol. The Morgan fingerprint density at radius 1 is 1.80 bits per heavy atom. The van der Waals surface area contributed by atoms with Gasteiger partial charge in [0.05, 0.1) is 6.26 Å². The first-order chi connectivity index (χ1) is 4.48. The molecule has 0 amide bonds. The minimum Gasteiger partial charge on any atom is -0.404 e. The summed E-state index contributed by atoms with van der Waals surface area (Å²) in [5.74, 6) is -0.882. The molecule has 0 aromatic heterocycles. The zero-order valence-corrected chi connectivity index (χ0v) is 6.21. The smallest absolute Gasteiger partial charge is 0.404 e. The van der Waals surface area contributed by atoms with Crippen LogP contribution in [0.5, 0.6) is 0 Å². The van der Waals surface area contributed by atoms with Crippen molar-refractivity contribution in [2.24, 2.45) is 0 Å². The van der Waals surface area contributed by atoms with Gasteiger partial charge in [-0.05, 0) is 0 Å². The van der Waals surface area contributed by atoms with Gasteiger partial charge in [-0.15, -0.1) is 0 Å². The number of phosphoric acid groups is 1. The summed E-state index contributed by atoms with van der Waals surface area (Å²) in [6.07, 6.45) is 0.726. The Kier molecular flexibility index (Phi) is 3.12. The predicted molar refractivity (Wildman–Crippen MR) is 32.9 cm³/mol. The largest absolute Gasteiger partial charge is 0.586 e. The highest BCUT2D eigenvalue weighted by molar-refractivity contribution is 7.48. The minimum atomic E-state index is -4.22. The minimum absolute atomic E-state index is 0.726. The van der Waals surface area contributed by atoms with Gasteiger partial charge in [0.2, 0.25) is 0 Å². The van der Waals surface area contributed by atoms with Crippen molar-refractivity contribution < 1.29 is 23.3 Å². The van der Waals surface area contributed by atoms with Crippen molar-refractivity contribution in [1.29, 1.82) is 0 Å². The number of hydrogen-bond acceptors (Lipinski definition) is 4. The van der Waals surface area contributed by atoms with Gasteiger partial charge in [0, 0.05) is 6.92 Å². The lowest BCUT2D eigenvalue weighted by Crippen LogP contribution is -1.96. The molecule has 0 saturated heterocycles. The van der Waals surface area contributed by atoms with E-state index < -0.39 is 13.8 Å². The molecule has 0 aliphatic rings. The third-order valence-electron chi connectivity index (χ3n) is 0.452. The molecule has 58 valence electrons. The molecule has 0 spiro atoms. The van der Waals surface area contributed by atoms with E-state index >= 15 is 0 Å². The van der Waals surface area contributed by atoms with Crippen molar-refractivity contribution in [2.75, 3.05) is 0 Å². The third kappa shape index (κ3) is 4.12. The van der Waals surface area contributed by atoms with Crippen LogP contribution >= 0.6 is 7.82 Å². The Labute approximate surface area is 57.9 Å². The number of rotatable bonds is 3. The molecule has 0 heterocycles. The van der Waals surface area contributed by atoms with Crippen LogP contribution in [0, 0.1) is 0 Å². The fourth-order valence-electron chi connectivity index (χ4n) is 0.278. The van der Waals surface area contributed by atoms with Gasteiger partial charge in [0.15, 0.2) is 0 Å². The molecule has 1 N–H and O–H groups in total. The van der Waals surface area contributed by atoms with E-state index in [4.69, 9.17) is 4.89 Å². The number of hydrogen-bond donors (Lipinski definition) is 1. The summed E-state index contributed by atoms with van der Waals surface area (Å²) in [5, 5.41) is 0. The molecule has 0 aromatic carbocycles. The van der Waals surface area contributed by atoms with Crippen LogP contribution in [0.25, 0.3) is 0 Å². The zero-order valence-electron chi connectivity index (χ0n) is 5.31. The predicted octanol–water partition coefficient (Wildman–Crippen LogP) is 0.810. The Hall–Kier alpha value is -0.800. The zero-order chi connectivity index (χ0) is 8.20. The Morgan fingerprint density at radius 3 is 2.60 bits per heavy atom. The van der Waals surface area contributed by atoms with Crippen molar-refractivity contribution in [3.63, 3.8) is 0 Å². The molecule has 0 rings (SSSR count). The van der Waals surface area contributed by atoms with E-state index in [0.29, 0.717) is 0 Å². The van der Waals surface area contributed by atoms with E-state index in [0.717, 1.165) is 13.2 Å². The average molecular weight is 166 g/mol. The molecule has 0 radical (unpaired) electrons. The van der Waals surface area contributed by atoms with Crippen LogP contribution in [0.2, 0.25) is 0 Å². The summed E-state index contributed by atoms with van der Waals surface area (Å²) >= 11 is 0. The van der Waals surface area contributed by atoms with Crippen LogP contribution in [0.15, 0.2) is 12.8 Å². The molecule has 0 fully saturated rings. The normalized spacial score (nSPS) is 15.0. The highest BCUT2D eigenvalue weighted by atomic mass is 31.2. The molecule has 10 heavy (non-hydrogen) atoms. The number of phosphoric ester groups is 1. The van der Waals surface area contributed by atoms with Crippen LogP contribution in [0.3, 0.4) is 0 Å².